The maximum Gasteiger partial charge on any atom is 0.265 e. The molecule has 0 aliphatic carbocycles. The van der Waals surface area contributed by atoms with Crippen LogP contribution < -0.4 is 5.73 Å². The van der Waals surface area contributed by atoms with E-state index in [1.807, 2.05) is 11.8 Å². The first-order valence-electron chi connectivity index (χ1n) is 5.13. The number of hydrogen-bond acceptors (Lipinski definition) is 4. The summed E-state index contributed by atoms with van der Waals surface area (Å²) in [4.78, 5) is 18.8. The van der Waals surface area contributed by atoms with Gasteiger partial charge in [0.05, 0.1) is 11.2 Å². The number of nitrogens with two attached hydrogens (primary N) is 1. The van der Waals surface area contributed by atoms with Gasteiger partial charge in [-0.3, -0.25) is 4.79 Å². The van der Waals surface area contributed by atoms with E-state index in [9.17, 15) is 4.79 Å². The van der Waals surface area contributed by atoms with Crippen LogP contribution in [0.1, 0.15) is 28.2 Å². The van der Waals surface area contributed by atoms with Crippen molar-refractivity contribution in [3.63, 3.8) is 0 Å². The summed E-state index contributed by atoms with van der Waals surface area (Å²) in [5, 5.41) is 0. The van der Waals surface area contributed by atoms with Gasteiger partial charge in [0, 0.05) is 19.1 Å². The van der Waals surface area contributed by atoms with Gasteiger partial charge in [0.1, 0.15) is 4.88 Å². The van der Waals surface area contributed by atoms with Crippen LogP contribution in [-0.2, 0) is 0 Å². The summed E-state index contributed by atoms with van der Waals surface area (Å²) >= 11 is 1.41. The topological polar surface area (TPSA) is 59.2 Å². The number of carbonyl (C=O) groups excluding carboxylic acids is 1. The average molecular weight is 225 g/mol. The van der Waals surface area contributed by atoms with E-state index in [0.717, 1.165) is 30.0 Å². The van der Waals surface area contributed by atoms with Crippen LogP contribution in [0.5, 0.6) is 0 Å². The third-order valence-corrected chi connectivity index (χ3v) is 3.60. The van der Waals surface area contributed by atoms with Gasteiger partial charge < -0.3 is 10.6 Å². The maximum absolute atomic E-state index is 12.1. The van der Waals surface area contributed by atoms with Crippen molar-refractivity contribution in [1.29, 1.82) is 0 Å². The Balaban J connectivity index is 2.11. The molecular formula is C10H15N3OS. The van der Waals surface area contributed by atoms with Crippen molar-refractivity contribution in [2.75, 3.05) is 13.1 Å². The van der Waals surface area contributed by atoms with Gasteiger partial charge in [-0.05, 0) is 19.8 Å². The smallest absolute Gasteiger partial charge is 0.265 e. The molecule has 1 aromatic rings. The van der Waals surface area contributed by atoms with Gasteiger partial charge in [-0.25, -0.2) is 4.98 Å². The van der Waals surface area contributed by atoms with Crippen LogP contribution in [0.4, 0.5) is 0 Å². The van der Waals surface area contributed by atoms with Crippen molar-refractivity contribution in [1.82, 2.24) is 9.88 Å². The van der Waals surface area contributed by atoms with E-state index in [0.29, 0.717) is 6.54 Å². The Kier molecular flexibility index (Phi) is 3.02. The van der Waals surface area contributed by atoms with E-state index in [2.05, 4.69) is 4.98 Å². The molecule has 0 spiro atoms. The first-order valence-corrected chi connectivity index (χ1v) is 6.01. The highest BCUT2D eigenvalue weighted by atomic mass is 32.1. The van der Waals surface area contributed by atoms with Crippen molar-refractivity contribution in [3.8, 4) is 0 Å². The predicted molar refractivity (Wildman–Crippen MR) is 60.0 cm³/mol. The molecule has 4 nitrogen and oxygen atoms in total. The third-order valence-electron chi connectivity index (χ3n) is 2.68. The molecular weight excluding hydrogens is 210 g/mol. The lowest BCUT2D eigenvalue weighted by molar-refractivity contribution is 0.0713. The minimum Gasteiger partial charge on any atom is -0.336 e. The van der Waals surface area contributed by atoms with Crippen LogP contribution in [0.15, 0.2) is 5.51 Å². The Morgan fingerprint density at radius 1 is 1.73 bits per heavy atom. The van der Waals surface area contributed by atoms with Crippen molar-refractivity contribution < 1.29 is 4.79 Å². The number of rotatable bonds is 1. The summed E-state index contributed by atoms with van der Waals surface area (Å²) in [5.41, 5.74) is 8.39. The summed E-state index contributed by atoms with van der Waals surface area (Å²) in [6.07, 6.45) is 2.02. The molecule has 1 atom stereocenters. The van der Waals surface area contributed by atoms with Crippen LogP contribution in [-0.4, -0.2) is 34.9 Å². The maximum atomic E-state index is 12.1. The Bertz CT molecular complexity index is 363. The van der Waals surface area contributed by atoms with Crippen molar-refractivity contribution in [2.24, 2.45) is 5.73 Å². The lowest BCUT2D eigenvalue weighted by Crippen LogP contribution is -2.45. The fourth-order valence-corrected chi connectivity index (χ4v) is 2.61. The SMILES string of the molecule is Cc1ncsc1C(=O)N1CCC[C@@H](N)C1. The number of carbonyl (C=O) groups is 1. The van der Waals surface area contributed by atoms with Gasteiger partial charge in [0.25, 0.3) is 5.91 Å². The van der Waals surface area contributed by atoms with Crippen LogP contribution in [0.2, 0.25) is 0 Å². The van der Waals surface area contributed by atoms with E-state index in [1.54, 1.807) is 5.51 Å². The predicted octanol–water partition coefficient (Wildman–Crippen LogP) is 1.01. The highest BCUT2D eigenvalue weighted by Crippen LogP contribution is 2.18. The molecule has 1 saturated heterocycles. The van der Waals surface area contributed by atoms with Crippen LogP contribution in [0.25, 0.3) is 0 Å². The highest BCUT2D eigenvalue weighted by Gasteiger charge is 2.24. The van der Waals surface area contributed by atoms with E-state index < -0.39 is 0 Å². The summed E-state index contributed by atoms with van der Waals surface area (Å²) in [6.45, 7) is 3.37. The molecule has 1 fully saturated rings. The molecule has 1 aromatic heterocycles. The minimum atomic E-state index is 0.0881. The number of aryl methyl sites for hydroxylation is 1. The molecule has 2 heterocycles. The largest absolute Gasteiger partial charge is 0.336 e. The Morgan fingerprint density at radius 3 is 3.13 bits per heavy atom. The number of nitrogens with zero attached hydrogens (tertiary/aromatic N) is 2. The van der Waals surface area contributed by atoms with Crippen molar-refractivity contribution in [2.45, 2.75) is 25.8 Å². The monoisotopic (exact) mass is 225 g/mol. The summed E-state index contributed by atoms with van der Waals surface area (Å²) in [7, 11) is 0. The summed E-state index contributed by atoms with van der Waals surface area (Å²) in [5.74, 6) is 0.0881. The molecule has 0 saturated carbocycles. The Hall–Kier alpha value is -0.940. The molecule has 0 radical (unpaired) electrons. The first kappa shape index (κ1) is 10.6. The normalized spacial score (nSPS) is 21.7. The fraction of sp³-hybridized carbons (Fsp3) is 0.600. The van der Waals surface area contributed by atoms with Gasteiger partial charge in [0.2, 0.25) is 0 Å². The van der Waals surface area contributed by atoms with E-state index in [4.69, 9.17) is 5.73 Å². The number of hydrogen-bond donors (Lipinski definition) is 1. The van der Waals surface area contributed by atoms with Gasteiger partial charge >= 0.3 is 0 Å². The number of aromatic nitrogens is 1. The van der Waals surface area contributed by atoms with Crippen LogP contribution in [0, 0.1) is 6.92 Å². The molecule has 0 unspecified atom stereocenters. The van der Waals surface area contributed by atoms with Crippen molar-refractivity contribution >= 4 is 17.2 Å². The second-order valence-corrected chi connectivity index (χ2v) is 4.78. The molecule has 1 aliphatic rings. The molecule has 1 amide bonds. The zero-order valence-corrected chi connectivity index (χ0v) is 9.59. The lowest BCUT2D eigenvalue weighted by atomic mass is 10.1. The average Bonchev–Trinajstić information content (AvgIpc) is 2.63. The number of amides is 1. The van der Waals surface area contributed by atoms with E-state index in [1.165, 1.54) is 11.3 Å². The number of piperidine rings is 1. The molecule has 1 aliphatic heterocycles. The number of thiazole rings is 1. The fourth-order valence-electron chi connectivity index (χ4n) is 1.85. The molecule has 2 N–H and O–H groups in total. The standard InChI is InChI=1S/C10H15N3OS/c1-7-9(15-6-12-7)10(14)13-4-2-3-8(11)5-13/h6,8H,2-5,11H2,1H3/t8-/m1/s1. The second kappa shape index (κ2) is 4.28. The van der Waals surface area contributed by atoms with Gasteiger partial charge in [-0.2, -0.15) is 0 Å². The van der Waals surface area contributed by atoms with Gasteiger partial charge in [-0.1, -0.05) is 0 Å². The number of likely N-dealkylation sites (tertiary alicyclic amines) is 1. The zero-order valence-electron chi connectivity index (χ0n) is 8.77. The molecule has 0 bridgehead atoms. The van der Waals surface area contributed by atoms with Gasteiger partial charge in [-0.15, -0.1) is 11.3 Å². The Labute approximate surface area is 93.1 Å². The molecule has 0 aromatic carbocycles. The third kappa shape index (κ3) is 2.18. The first-order chi connectivity index (χ1) is 7.18. The quantitative estimate of drug-likeness (QED) is 0.776. The van der Waals surface area contributed by atoms with E-state index >= 15 is 0 Å². The molecule has 2 rings (SSSR count). The van der Waals surface area contributed by atoms with Gasteiger partial charge in [0.15, 0.2) is 0 Å². The summed E-state index contributed by atoms with van der Waals surface area (Å²) in [6, 6.07) is 0.135. The highest BCUT2D eigenvalue weighted by molar-refractivity contribution is 7.11. The molecule has 15 heavy (non-hydrogen) atoms. The zero-order chi connectivity index (χ0) is 10.8. The van der Waals surface area contributed by atoms with Crippen LogP contribution in [0.3, 0.4) is 0 Å². The van der Waals surface area contributed by atoms with Crippen molar-refractivity contribution in [3.05, 3.63) is 16.1 Å². The second-order valence-electron chi connectivity index (χ2n) is 3.92. The minimum absolute atomic E-state index is 0.0881. The lowest BCUT2D eigenvalue weighted by Gasteiger charge is -2.30. The Morgan fingerprint density at radius 2 is 2.53 bits per heavy atom. The molecule has 82 valence electrons. The summed E-state index contributed by atoms with van der Waals surface area (Å²) < 4.78 is 0. The molecule has 5 heteroatoms. The van der Waals surface area contributed by atoms with Crippen LogP contribution >= 0.6 is 11.3 Å². The van der Waals surface area contributed by atoms with E-state index in [-0.39, 0.29) is 11.9 Å².